The molecule has 0 spiro atoms. The minimum Gasteiger partial charge on any atom is -0.464 e. The van der Waals surface area contributed by atoms with Crippen molar-refractivity contribution in [3.63, 3.8) is 0 Å². The van der Waals surface area contributed by atoms with E-state index >= 15 is 0 Å². The van der Waals surface area contributed by atoms with E-state index in [1.807, 2.05) is 6.07 Å². The second-order valence-corrected chi connectivity index (χ2v) is 5.66. The number of carbonyl (C=O) groups excluding carboxylic acids is 1. The molecule has 4 heteroatoms. The van der Waals surface area contributed by atoms with Crippen LogP contribution in [-0.2, 0) is 11.3 Å². The molecular formula is C16H28N2O2. The zero-order valence-corrected chi connectivity index (χ0v) is 13.0. The summed E-state index contributed by atoms with van der Waals surface area (Å²) < 4.78 is 4.66. The van der Waals surface area contributed by atoms with E-state index in [1.165, 1.54) is 39.2 Å². The minimum atomic E-state index is -0.318. The lowest BCUT2D eigenvalue weighted by molar-refractivity contribution is 0.0594. The monoisotopic (exact) mass is 280 g/mol. The van der Waals surface area contributed by atoms with Gasteiger partial charge >= 0.3 is 5.97 Å². The van der Waals surface area contributed by atoms with Crippen LogP contribution in [0.3, 0.4) is 0 Å². The lowest BCUT2D eigenvalue weighted by atomic mass is 10.0. The first kappa shape index (κ1) is 16.8. The first-order valence-corrected chi connectivity index (χ1v) is 7.60. The summed E-state index contributed by atoms with van der Waals surface area (Å²) in [4.78, 5) is 14.3. The standard InChI is InChI=1S/C16H28N2O2/c1-13(2)8-6-4-5-7-11-17-12-14-9-10-15(18-14)16(19)20-3/h9-10,13,17-18H,4-8,11-12H2,1-3H3. The highest BCUT2D eigenvalue weighted by Crippen LogP contribution is 2.09. The average Bonchev–Trinajstić information content (AvgIpc) is 2.89. The van der Waals surface area contributed by atoms with Gasteiger partial charge in [-0.15, -0.1) is 0 Å². The maximum Gasteiger partial charge on any atom is 0.354 e. The van der Waals surface area contributed by atoms with Gasteiger partial charge in [0.1, 0.15) is 5.69 Å². The van der Waals surface area contributed by atoms with Gasteiger partial charge in [-0.05, 0) is 31.0 Å². The van der Waals surface area contributed by atoms with Crippen molar-refractivity contribution in [3.8, 4) is 0 Å². The number of nitrogens with one attached hydrogen (secondary N) is 2. The first-order valence-electron chi connectivity index (χ1n) is 7.60. The summed E-state index contributed by atoms with van der Waals surface area (Å²) in [5.74, 6) is 0.506. The molecule has 0 radical (unpaired) electrons. The van der Waals surface area contributed by atoms with E-state index in [1.54, 1.807) is 6.07 Å². The smallest absolute Gasteiger partial charge is 0.354 e. The molecule has 0 aromatic carbocycles. The van der Waals surface area contributed by atoms with Gasteiger partial charge in [-0.2, -0.15) is 0 Å². The lowest BCUT2D eigenvalue weighted by Crippen LogP contribution is -2.15. The molecule has 0 unspecified atom stereocenters. The molecule has 20 heavy (non-hydrogen) atoms. The highest BCUT2D eigenvalue weighted by Gasteiger charge is 2.07. The molecule has 0 saturated heterocycles. The van der Waals surface area contributed by atoms with Crippen molar-refractivity contribution in [2.75, 3.05) is 13.7 Å². The first-order chi connectivity index (χ1) is 9.63. The third kappa shape index (κ3) is 6.75. The van der Waals surface area contributed by atoms with E-state index < -0.39 is 0 Å². The van der Waals surface area contributed by atoms with Crippen molar-refractivity contribution >= 4 is 5.97 Å². The average molecular weight is 280 g/mol. The van der Waals surface area contributed by atoms with Crippen LogP contribution in [0.4, 0.5) is 0 Å². The molecule has 2 N–H and O–H groups in total. The van der Waals surface area contributed by atoms with E-state index in [4.69, 9.17) is 0 Å². The van der Waals surface area contributed by atoms with Gasteiger partial charge in [-0.25, -0.2) is 4.79 Å². The number of esters is 1. The van der Waals surface area contributed by atoms with Gasteiger partial charge < -0.3 is 15.0 Å². The number of hydrogen-bond acceptors (Lipinski definition) is 3. The van der Waals surface area contributed by atoms with Crippen LogP contribution in [0.25, 0.3) is 0 Å². The quantitative estimate of drug-likeness (QED) is 0.509. The van der Waals surface area contributed by atoms with E-state index in [9.17, 15) is 4.79 Å². The molecule has 0 atom stereocenters. The lowest BCUT2D eigenvalue weighted by Gasteiger charge is -2.05. The molecule has 0 bridgehead atoms. The Morgan fingerprint density at radius 1 is 1.25 bits per heavy atom. The summed E-state index contributed by atoms with van der Waals surface area (Å²) in [6.45, 7) is 6.35. The van der Waals surface area contributed by atoms with E-state index in [0.717, 1.165) is 24.7 Å². The van der Waals surface area contributed by atoms with Crippen molar-refractivity contribution in [3.05, 3.63) is 23.5 Å². The van der Waals surface area contributed by atoms with Crippen molar-refractivity contribution in [1.82, 2.24) is 10.3 Å². The third-order valence-electron chi connectivity index (χ3n) is 3.35. The largest absolute Gasteiger partial charge is 0.464 e. The number of carbonyl (C=O) groups is 1. The number of hydrogen-bond donors (Lipinski definition) is 2. The zero-order valence-electron chi connectivity index (χ0n) is 13.0. The predicted molar refractivity (Wildman–Crippen MR) is 81.8 cm³/mol. The maximum atomic E-state index is 11.3. The Labute approximate surface area is 122 Å². The molecule has 1 heterocycles. The van der Waals surface area contributed by atoms with Gasteiger partial charge in [0.05, 0.1) is 7.11 Å². The van der Waals surface area contributed by atoms with E-state index in [-0.39, 0.29) is 5.97 Å². The molecular weight excluding hydrogens is 252 g/mol. The molecule has 0 amide bonds. The van der Waals surface area contributed by atoms with Crippen LogP contribution in [0.5, 0.6) is 0 Å². The van der Waals surface area contributed by atoms with Gasteiger partial charge in [-0.3, -0.25) is 0 Å². The molecule has 0 fully saturated rings. The molecule has 1 aromatic rings. The van der Waals surface area contributed by atoms with Crippen molar-refractivity contribution in [1.29, 1.82) is 0 Å². The number of unbranched alkanes of at least 4 members (excludes halogenated alkanes) is 3. The van der Waals surface area contributed by atoms with Crippen LogP contribution in [-0.4, -0.2) is 24.6 Å². The summed E-state index contributed by atoms with van der Waals surface area (Å²) in [6, 6.07) is 3.68. The third-order valence-corrected chi connectivity index (χ3v) is 3.35. The normalized spacial score (nSPS) is 11.0. The molecule has 1 aromatic heterocycles. The number of aromatic nitrogens is 1. The zero-order chi connectivity index (χ0) is 14.8. The second kappa shape index (κ2) is 9.59. The SMILES string of the molecule is COC(=O)c1ccc(CNCCCCCCC(C)C)[nH]1. The molecule has 0 aliphatic heterocycles. The summed E-state index contributed by atoms with van der Waals surface area (Å²) >= 11 is 0. The topological polar surface area (TPSA) is 54.1 Å². The second-order valence-electron chi connectivity index (χ2n) is 5.66. The van der Waals surface area contributed by atoms with E-state index in [0.29, 0.717) is 5.69 Å². The number of aromatic amines is 1. The molecule has 0 saturated carbocycles. The van der Waals surface area contributed by atoms with Crippen molar-refractivity contribution in [2.45, 2.75) is 52.5 Å². The van der Waals surface area contributed by atoms with Gasteiger partial charge in [0.2, 0.25) is 0 Å². The fourth-order valence-corrected chi connectivity index (χ4v) is 2.15. The van der Waals surface area contributed by atoms with Crippen LogP contribution in [0, 0.1) is 5.92 Å². The Morgan fingerprint density at radius 3 is 2.70 bits per heavy atom. The number of methoxy groups -OCH3 is 1. The Kier molecular flexibility index (Phi) is 8.04. The Balaban J connectivity index is 2.04. The minimum absolute atomic E-state index is 0.318. The number of H-pyrrole nitrogens is 1. The summed E-state index contributed by atoms with van der Waals surface area (Å²) in [6.07, 6.45) is 6.51. The Hall–Kier alpha value is -1.29. The van der Waals surface area contributed by atoms with Crippen LogP contribution in [0.15, 0.2) is 12.1 Å². The molecule has 4 nitrogen and oxygen atoms in total. The molecule has 1 rings (SSSR count). The highest BCUT2D eigenvalue weighted by molar-refractivity contribution is 5.87. The Bertz CT molecular complexity index is 386. The highest BCUT2D eigenvalue weighted by atomic mass is 16.5. The van der Waals surface area contributed by atoms with Gasteiger partial charge in [0, 0.05) is 12.2 Å². The summed E-state index contributed by atoms with van der Waals surface area (Å²) in [5.41, 5.74) is 1.53. The van der Waals surface area contributed by atoms with Crippen molar-refractivity contribution in [2.24, 2.45) is 5.92 Å². The van der Waals surface area contributed by atoms with Gasteiger partial charge in [0.25, 0.3) is 0 Å². The summed E-state index contributed by atoms with van der Waals surface area (Å²) in [5, 5.41) is 3.39. The van der Waals surface area contributed by atoms with Crippen LogP contribution < -0.4 is 5.32 Å². The van der Waals surface area contributed by atoms with Gasteiger partial charge in [0.15, 0.2) is 0 Å². The molecule has 0 aliphatic carbocycles. The van der Waals surface area contributed by atoms with Crippen molar-refractivity contribution < 1.29 is 9.53 Å². The molecule has 0 aliphatic rings. The fourth-order valence-electron chi connectivity index (χ4n) is 2.15. The van der Waals surface area contributed by atoms with E-state index in [2.05, 4.69) is 28.9 Å². The predicted octanol–water partition coefficient (Wildman–Crippen LogP) is 3.50. The van der Waals surface area contributed by atoms with Gasteiger partial charge in [-0.1, -0.05) is 39.5 Å². The van der Waals surface area contributed by atoms with Crippen LogP contribution in [0.2, 0.25) is 0 Å². The number of rotatable bonds is 10. The summed E-state index contributed by atoms with van der Waals surface area (Å²) in [7, 11) is 1.39. The molecule has 114 valence electrons. The van der Waals surface area contributed by atoms with Crippen LogP contribution >= 0.6 is 0 Å². The Morgan fingerprint density at radius 2 is 2.00 bits per heavy atom. The maximum absolute atomic E-state index is 11.3. The van der Waals surface area contributed by atoms with Crippen LogP contribution in [0.1, 0.15) is 62.1 Å². The number of ether oxygens (including phenoxy) is 1. The fraction of sp³-hybridized carbons (Fsp3) is 0.688.